The largest absolute Gasteiger partial charge is 0.481 e. The van der Waals surface area contributed by atoms with E-state index in [-0.39, 0.29) is 23.5 Å². The van der Waals surface area contributed by atoms with Gasteiger partial charge < -0.3 is 14.4 Å². The molecule has 0 bridgehead atoms. The Bertz CT molecular complexity index is 773. The van der Waals surface area contributed by atoms with Gasteiger partial charge in [0.05, 0.1) is 24.2 Å². The summed E-state index contributed by atoms with van der Waals surface area (Å²) in [5.74, 6) is -0.290. The first-order valence-corrected chi connectivity index (χ1v) is 9.79. The van der Waals surface area contributed by atoms with Gasteiger partial charge in [-0.15, -0.1) is 0 Å². The minimum atomic E-state index is -3.07. The zero-order valence-electron chi connectivity index (χ0n) is 14.8. The third-order valence-electron chi connectivity index (χ3n) is 4.36. The zero-order chi connectivity index (χ0) is 18.8. The Hall–Kier alpha value is -2.09. The van der Waals surface area contributed by atoms with Crippen LogP contribution in [-0.4, -0.2) is 63.0 Å². The monoisotopic (exact) mass is 369 g/mol. The number of sulfone groups is 1. The van der Waals surface area contributed by atoms with Gasteiger partial charge in [0.25, 0.3) is 5.91 Å². The van der Waals surface area contributed by atoms with Gasteiger partial charge in [0.2, 0.25) is 0 Å². The summed E-state index contributed by atoms with van der Waals surface area (Å²) < 4.78 is 33.6. The SMILES string of the molecule is COC(=O)c1ccc(C)c(O[C@H](C)C(=O)N(C)[C@H]2CCS(=O)(=O)C2)c1. The predicted molar refractivity (Wildman–Crippen MR) is 92.4 cm³/mol. The van der Waals surface area contributed by atoms with Gasteiger partial charge in [0.1, 0.15) is 5.75 Å². The van der Waals surface area contributed by atoms with Gasteiger partial charge in [0, 0.05) is 13.1 Å². The maximum atomic E-state index is 12.5. The van der Waals surface area contributed by atoms with Crippen LogP contribution in [0.15, 0.2) is 18.2 Å². The molecule has 1 aliphatic heterocycles. The van der Waals surface area contributed by atoms with Crippen molar-refractivity contribution in [3.05, 3.63) is 29.3 Å². The fraction of sp³-hybridized carbons (Fsp3) is 0.529. The maximum Gasteiger partial charge on any atom is 0.337 e. The first kappa shape index (κ1) is 19.2. The lowest BCUT2D eigenvalue weighted by molar-refractivity contribution is -0.138. The highest BCUT2D eigenvalue weighted by Gasteiger charge is 2.34. The first-order valence-electron chi connectivity index (χ1n) is 7.97. The van der Waals surface area contributed by atoms with Crippen LogP contribution in [0.2, 0.25) is 0 Å². The van der Waals surface area contributed by atoms with Crippen LogP contribution in [0.25, 0.3) is 0 Å². The molecule has 7 nitrogen and oxygen atoms in total. The second-order valence-corrected chi connectivity index (χ2v) is 8.47. The fourth-order valence-electron chi connectivity index (χ4n) is 2.76. The molecule has 0 aromatic heterocycles. The second-order valence-electron chi connectivity index (χ2n) is 6.24. The molecule has 0 aliphatic carbocycles. The van der Waals surface area contributed by atoms with E-state index in [1.165, 1.54) is 18.1 Å². The van der Waals surface area contributed by atoms with E-state index in [4.69, 9.17) is 4.74 Å². The normalized spacial score (nSPS) is 19.9. The topological polar surface area (TPSA) is 90.0 Å². The van der Waals surface area contributed by atoms with E-state index in [0.29, 0.717) is 17.7 Å². The predicted octanol–water partition coefficient (Wildman–Crippen LogP) is 1.19. The smallest absolute Gasteiger partial charge is 0.337 e. The number of aryl methyl sites for hydroxylation is 1. The van der Waals surface area contributed by atoms with Crippen LogP contribution < -0.4 is 4.74 Å². The molecule has 0 saturated carbocycles. The van der Waals surface area contributed by atoms with Crippen molar-refractivity contribution in [2.45, 2.75) is 32.4 Å². The summed E-state index contributed by atoms with van der Waals surface area (Å²) in [6.07, 6.45) is -0.367. The van der Waals surface area contributed by atoms with E-state index in [0.717, 1.165) is 5.56 Å². The summed E-state index contributed by atoms with van der Waals surface area (Å²) in [5, 5.41) is 0. The Morgan fingerprint density at radius 2 is 2.00 bits per heavy atom. The van der Waals surface area contributed by atoms with Crippen LogP contribution in [0.1, 0.15) is 29.3 Å². The van der Waals surface area contributed by atoms with Crippen LogP contribution >= 0.6 is 0 Å². The number of hydrogen-bond donors (Lipinski definition) is 0. The number of carbonyl (C=O) groups is 2. The lowest BCUT2D eigenvalue weighted by Gasteiger charge is -2.27. The standard InChI is InChI=1S/C17H23NO6S/c1-11-5-6-13(17(20)23-4)9-15(11)24-12(2)16(19)18(3)14-7-8-25(21,22)10-14/h5-6,9,12,14H,7-8,10H2,1-4H3/t12-,14+/m1/s1. The quantitative estimate of drug-likeness (QED) is 0.725. The van der Waals surface area contributed by atoms with Crippen molar-refractivity contribution < 1.29 is 27.5 Å². The molecule has 2 atom stereocenters. The number of esters is 1. The first-order chi connectivity index (χ1) is 11.6. The van der Waals surface area contributed by atoms with Crippen molar-refractivity contribution in [3.8, 4) is 5.75 Å². The molecule has 8 heteroatoms. The van der Waals surface area contributed by atoms with Crippen molar-refractivity contribution in [1.29, 1.82) is 0 Å². The molecule has 1 aromatic rings. The highest BCUT2D eigenvalue weighted by molar-refractivity contribution is 7.91. The lowest BCUT2D eigenvalue weighted by atomic mass is 10.1. The minimum Gasteiger partial charge on any atom is -0.481 e. The van der Waals surface area contributed by atoms with E-state index < -0.39 is 21.9 Å². The summed E-state index contributed by atoms with van der Waals surface area (Å²) in [6.45, 7) is 3.41. The summed E-state index contributed by atoms with van der Waals surface area (Å²) in [7, 11) is -0.190. The average molecular weight is 369 g/mol. The number of likely N-dealkylation sites (N-methyl/N-ethyl adjacent to an activating group) is 1. The number of carbonyl (C=O) groups excluding carboxylic acids is 2. The van der Waals surface area contributed by atoms with Crippen LogP contribution in [0.3, 0.4) is 0 Å². The molecule has 0 N–H and O–H groups in total. The number of ether oxygens (including phenoxy) is 2. The molecule has 138 valence electrons. The van der Waals surface area contributed by atoms with Crippen molar-refractivity contribution in [3.63, 3.8) is 0 Å². The summed E-state index contributed by atoms with van der Waals surface area (Å²) in [5.41, 5.74) is 1.11. The molecule has 0 radical (unpaired) electrons. The Balaban J connectivity index is 2.09. The van der Waals surface area contributed by atoms with Crippen molar-refractivity contribution in [1.82, 2.24) is 4.90 Å². The third-order valence-corrected chi connectivity index (χ3v) is 6.11. The number of hydrogen-bond acceptors (Lipinski definition) is 6. The Labute approximate surface area is 147 Å². The Kier molecular flexibility index (Phi) is 5.72. The van der Waals surface area contributed by atoms with Gasteiger partial charge in [-0.25, -0.2) is 13.2 Å². The minimum absolute atomic E-state index is 0.0151. The summed E-state index contributed by atoms with van der Waals surface area (Å²) in [6, 6.07) is 4.54. The van der Waals surface area contributed by atoms with E-state index in [1.807, 2.05) is 0 Å². The highest BCUT2D eigenvalue weighted by atomic mass is 32.2. The third kappa shape index (κ3) is 4.50. The molecule has 1 saturated heterocycles. The van der Waals surface area contributed by atoms with E-state index in [9.17, 15) is 18.0 Å². The molecule has 1 amide bonds. The van der Waals surface area contributed by atoms with Gasteiger partial charge in [-0.1, -0.05) is 6.07 Å². The Morgan fingerprint density at radius 1 is 1.32 bits per heavy atom. The van der Waals surface area contributed by atoms with Gasteiger partial charge in [-0.05, 0) is 38.0 Å². The summed E-state index contributed by atoms with van der Waals surface area (Å²) in [4.78, 5) is 25.6. The van der Waals surface area contributed by atoms with Gasteiger partial charge in [-0.2, -0.15) is 0 Å². The number of benzene rings is 1. The van der Waals surface area contributed by atoms with Crippen molar-refractivity contribution >= 4 is 21.7 Å². The number of rotatable bonds is 5. The molecule has 25 heavy (non-hydrogen) atoms. The zero-order valence-corrected chi connectivity index (χ0v) is 15.6. The molecule has 1 aliphatic rings. The Morgan fingerprint density at radius 3 is 2.56 bits per heavy atom. The van der Waals surface area contributed by atoms with E-state index >= 15 is 0 Å². The maximum absolute atomic E-state index is 12.5. The summed E-state index contributed by atoms with van der Waals surface area (Å²) >= 11 is 0. The molecule has 0 spiro atoms. The number of amides is 1. The van der Waals surface area contributed by atoms with Crippen LogP contribution in [-0.2, 0) is 19.4 Å². The fourth-order valence-corrected chi connectivity index (χ4v) is 4.53. The number of nitrogens with zero attached hydrogens (tertiary/aromatic N) is 1. The molecular formula is C17H23NO6S. The van der Waals surface area contributed by atoms with Crippen molar-refractivity contribution in [2.75, 3.05) is 25.7 Å². The average Bonchev–Trinajstić information content (AvgIpc) is 2.94. The second kappa shape index (κ2) is 7.43. The molecule has 1 aromatic carbocycles. The molecular weight excluding hydrogens is 346 g/mol. The molecule has 2 rings (SSSR count). The van der Waals surface area contributed by atoms with Gasteiger partial charge >= 0.3 is 5.97 Å². The van der Waals surface area contributed by atoms with Crippen LogP contribution in [0.5, 0.6) is 5.75 Å². The van der Waals surface area contributed by atoms with Crippen molar-refractivity contribution in [2.24, 2.45) is 0 Å². The highest BCUT2D eigenvalue weighted by Crippen LogP contribution is 2.23. The van der Waals surface area contributed by atoms with E-state index in [2.05, 4.69) is 4.74 Å². The molecule has 1 heterocycles. The lowest BCUT2D eigenvalue weighted by Crippen LogP contribution is -2.44. The van der Waals surface area contributed by atoms with Gasteiger partial charge in [-0.3, -0.25) is 4.79 Å². The molecule has 1 fully saturated rings. The van der Waals surface area contributed by atoms with E-state index in [1.54, 1.807) is 33.0 Å². The van der Waals surface area contributed by atoms with Crippen LogP contribution in [0, 0.1) is 6.92 Å². The molecule has 0 unspecified atom stereocenters. The van der Waals surface area contributed by atoms with Crippen LogP contribution in [0.4, 0.5) is 0 Å². The number of methoxy groups -OCH3 is 1. The van der Waals surface area contributed by atoms with Gasteiger partial charge in [0.15, 0.2) is 15.9 Å².